The third-order valence-electron chi connectivity index (χ3n) is 0.850. The lowest BCUT2D eigenvalue weighted by molar-refractivity contribution is 0.272. The Morgan fingerprint density at radius 2 is 2.22 bits per heavy atom. The maximum absolute atomic E-state index is 8.84. The van der Waals surface area contributed by atoms with Gasteiger partial charge in [-0.15, -0.1) is 12.4 Å². The molecule has 0 bridgehead atoms. The van der Waals surface area contributed by atoms with Crippen LogP contribution in [0.25, 0.3) is 0 Å². The van der Waals surface area contributed by atoms with Crippen molar-refractivity contribution in [2.75, 3.05) is 0 Å². The normalized spacial score (nSPS) is 23.0. The van der Waals surface area contributed by atoms with Crippen molar-refractivity contribution < 1.29 is 6.53 Å². The van der Waals surface area contributed by atoms with Crippen LogP contribution in [-0.2, 0) is 0 Å². The second-order valence-corrected chi connectivity index (χ2v) is 1.52. The SMILES string of the molecule is Cl.OC1C=CC=NC=C1.[H+]. The van der Waals surface area contributed by atoms with Gasteiger partial charge in [0.1, 0.15) is 0 Å². The highest BCUT2D eigenvalue weighted by molar-refractivity contribution is 5.85. The molecule has 1 rings (SSSR count). The number of aliphatic imine (C=N–C) groups is 1. The van der Waals surface area contributed by atoms with Crippen molar-refractivity contribution in [3.05, 3.63) is 24.4 Å². The third kappa shape index (κ3) is 3.06. The van der Waals surface area contributed by atoms with Crippen molar-refractivity contribution in [2.24, 2.45) is 4.99 Å². The Hall–Kier alpha value is -0.600. The molecule has 1 aliphatic heterocycles. The second kappa shape index (κ2) is 4.30. The summed E-state index contributed by atoms with van der Waals surface area (Å²) >= 11 is 0. The van der Waals surface area contributed by atoms with Crippen molar-refractivity contribution in [3.63, 3.8) is 0 Å². The van der Waals surface area contributed by atoms with Gasteiger partial charge < -0.3 is 5.11 Å². The van der Waals surface area contributed by atoms with E-state index in [2.05, 4.69) is 4.99 Å². The molecule has 0 spiro atoms. The van der Waals surface area contributed by atoms with E-state index >= 15 is 0 Å². The Balaban J connectivity index is 0. The number of aliphatic hydroxyl groups excluding tert-OH is 1. The number of halogens is 1. The van der Waals surface area contributed by atoms with E-state index in [1.54, 1.807) is 30.6 Å². The molecule has 1 heterocycles. The van der Waals surface area contributed by atoms with Crippen LogP contribution in [-0.4, -0.2) is 17.4 Å². The molecule has 0 aromatic rings. The van der Waals surface area contributed by atoms with Crippen molar-refractivity contribution in [1.29, 1.82) is 0 Å². The zero-order chi connectivity index (χ0) is 5.82. The van der Waals surface area contributed by atoms with Gasteiger partial charge in [0, 0.05) is 12.4 Å². The summed E-state index contributed by atoms with van der Waals surface area (Å²) in [5, 5.41) is 8.84. The Kier molecular flexibility index (Phi) is 4.01. The molecule has 3 heteroatoms. The largest absolute Gasteiger partial charge is 1.00 e. The number of allylic oxidation sites excluding steroid dienone is 1. The van der Waals surface area contributed by atoms with E-state index in [1.807, 2.05) is 0 Å². The zero-order valence-electron chi connectivity index (χ0n) is 5.77. The van der Waals surface area contributed by atoms with Crippen LogP contribution in [0, 0.1) is 0 Å². The molecule has 0 saturated carbocycles. The molecule has 0 saturated heterocycles. The quantitative estimate of drug-likeness (QED) is 0.544. The van der Waals surface area contributed by atoms with E-state index in [9.17, 15) is 0 Å². The van der Waals surface area contributed by atoms with Crippen LogP contribution < -0.4 is 0 Å². The lowest BCUT2D eigenvalue weighted by Crippen LogP contribution is -1.93. The van der Waals surface area contributed by atoms with Crippen molar-refractivity contribution >= 4 is 18.6 Å². The van der Waals surface area contributed by atoms with Gasteiger partial charge in [0.25, 0.3) is 0 Å². The van der Waals surface area contributed by atoms with Crippen LogP contribution in [0.1, 0.15) is 1.43 Å². The van der Waals surface area contributed by atoms with E-state index in [4.69, 9.17) is 5.11 Å². The molecule has 1 aliphatic rings. The van der Waals surface area contributed by atoms with Crippen molar-refractivity contribution in [3.8, 4) is 0 Å². The molecule has 50 valence electrons. The third-order valence-corrected chi connectivity index (χ3v) is 0.850. The van der Waals surface area contributed by atoms with Gasteiger partial charge in [-0.05, 0) is 12.2 Å². The second-order valence-electron chi connectivity index (χ2n) is 1.52. The van der Waals surface area contributed by atoms with Crippen molar-refractivity contribution in [1.82, 2.24) is 0 Å². The summed E-state index contributed by atoms with van der Waals surface area (Å²) in [6.45, 7) is 0. The Bertz CT molecular complexity index is 140. The highest BCUT2D eigenvalue weighted by Gasteiger charge is 1.89. The molecule has 0 radical (unpaired) electrons. The van der Waals surface area contributed by atoms with Gasteiger partial charge in [0.2, 0.25) is 0 Å². The minimum Gasteiger partial charge on any atom is -0.385 e. The lowest BCUT2D eigenvalue weighted by Gasteiger charge is -1.89. The van der Waals surface area contributed by atoms with Crippen LogP contribution in [0.3, 0.4) is 0 Å². The fourth-order valence-electron chi connectivity index (χ4n) is 0.465. The predicted molar refractivity (Wildman–Crippen MR) is 41.1 cm³/mol. The van der Waals surface area contributed by atoms with E-state index in [-0.39, 0.29) is 13.8 Å². The van der Waals surface area contributed by atoms with Crippen molar-refractivity contribution in [2.45, 2.75) is 6.10 Å². The number of aliphatic hydroxyl groups is 1. The van der Waals surface area contributed by atoms with Gasteiger partial charge in [0.15, 0.2) is 0 Å². The Labute approximate surface area is 61.5 Å². The number of rotatable bonds is 0. The molecule has 9 heavy (non-hydrogen) atoms. The molecule has 1 atom stereocenters. The maximum Gasteiger partial charge on any atom is 1.00 e. The fourth-order valence-corrected chi connectivity index (χ4v) is 0.465. The average molecular weight is 147 g/mol. The summed E-state index contributed by atoms with van der Waals surface area (Å²) < 4.78 is 0. The molecule has 0 aliphatic carbocycles. The van der Waals surface area contributed by atoms with Gasteiger partial charge in [-0.25, -0.2) is 0 Å². The molecular weight excluding hydrogens is 138 g/mol. The molecule has 0 amide bonds. The van der Waals surface area contributed by atoms with Gasteiger partial charge in [-0.3, -0.25) is 4.99 Å². The van der Waals surface area contributed by atoms with E-state index in [1.165, 1.54) is 0 Å². The Morgan fingerprint density at radius 1 is 1.44 bits per heavy atom. The molecule has 2 nitrogen and oxygen atoms in total. The van der Waals surface area contributed by atoms with E-state index in [0.29, 0.717) is 0 Å². The topological polar surface area (TPSA) is 32.6 Å². The summed E-state index contributed by atoms with van der Waals surface area (Å²) in [6, 6.07) is 0. The van der Waals surface area contributed by atoms with Gasteiger partial charge in [-0.1, -0.05) is 6.08 Å². The summed E-state index contributed by atoms with van der Waals surface area (Å²) in [7, 11) is 0. The molecule has 0 fully saturated rings. The molecule has 1 N–H and O–H groups in total. The minimum atomic E-state index is -0.461. The molecule has 0 aromatic carbocycles. The van der Waals surface area contributed by atoms with Gasteiger partial charge in [0.05, 0.1) is 6.10 Å². The van der Waals surface area contributed by atoms with E-state index in [0.717, 1.165) is 0 Å². The molecule has 1 unspecified atom stereocenters. The van der Waals surface area contributed by atoms with Crippen LogP contribution in [0.4, 0.5) is 0 Å². The Morgan fingerprint density at radius 3 is 3.00 bits per heavy atom. The zero-order valence-corrected chi connectivity index (χ0v) is 5.58. The fraction of sp³-hybridized carbons (Fsp3) is 0.167. The first kappa shape index (κ1) is 8.40. The standard InChI is InChI=1S/C6H7NO.ClH/c8-6-2-1-4-7-5-3-6;/h1-6,8H;1H/p+1. The summed E-state index contributed by atoms with van der Waals surface area (Å²) in [6.07, 6.45) is 7.73. The summed E-state index contributed by atoms with van der Waals surface area (Å²) in [5.41, 5.74) is 0. The molecule has 0 aromatic heterocycles. The summed E-state index contributed by atoms with van der Waals surface area (Å²) in [4.78, 5) is 3.77. The summed E-state index contributed by atoms with van der Waals surface area (Å²) in [5.74, 6) is 0. The maximum atomic E-state index is 8.84. The number of hydrogen-bond donors (Lipinski definition) is 1. The first-order valence-electron chi connectivity index (χ1n) is 2.44. The lowest BCUT2D eigenvalue weighted by atomic mass is 10.3. The van der Waals surface area contributed by atoms with Crippen LogP contribution >= 0.6 is 12.4 Å². The molecular formula is C6H9ClNO+. The van der Waals surface area contributed by atoms with Crippen LogP contribution in [0.2, 0.25) is 0 Å². The van der Waals surface area contributed by atoms with Crippen LogP contribution in [0.15, 0.2) is 29.4 Å². The number of hydrogen-bond acceptors (Lipinski definition) is 2. The highest BCUT2D eigenvalue weighted by atomic mass is 35.5. The smallest absolute Gasteiger partial charge is 0.385 e. The monoisotopic (exact) mass is 146 g/mol. The number of nitrogens with zero attached hydrogens (tertiary/aromatic N) is 1. The van der Waals surface area contributed by atoms with Gasteiger partial charge >= 0.3 is 1.43 Å². The first-order chi connectivity index (χ1) is 3.89. The highest BCUT2D eigenvalue weighted by Crippen LogP contribution is 1.91. The van der Waals surface area contributed by atoms with E-state index < -0.39 is 6.10 Å². The average Bonchev–Trinajstić information content (AvgIpc) is 1.94. The van der Waals surface area contributed by atoms with Crippen LogP contribution in [0.5, 0.6) is 0 Å². The van der Waals surface area contributed by atoms with Gasteiger partial charge in [-0.2, -0.15) is 0 Å². The first-order valence-corrected chi connectivity index (χ1v) is 2.44. The minimum absolute atomic E-state index is 0. The predicted octanol–water partition coefficient (Wildman–Crippen LogP) is 1.04.